The van der Waals surface area contributed by atoms with Crippen LogP contribution in [0.5, 0.6) is 0 Å². The number of carbonyl (C=O) groups is 2. The summed E-state index contributed by atoms with van der Waals surface area (Å²) in [6.45, 7) is 3.77. The summed E-state index contributed by atoms with van der Waals surface area (Å²) < 4.78 is 1.66. The zero-order chi connectivity index (χ0) is 28.9. The van der Waals surface area contributed by atoms with Gasteiger partial charge >= 0.3 is 0 Å². The Balaban J connectivity index is 1.77. The maximum atomic E-state index is 13.2. The third kappa shape index (κ3) is 4.21. The third-order valence-corrected chi connectivity index (χ3v) is 7.77. The number of hydrogen-bond acceptors (Lipinski definition) is 8. The number of aliphatic hydroxyl groups excluding tert-OH is 1. The number of nitrogens with one attached hydrogen (secondary N) is 2. The first-order chi connectivity index (χ1) is 19.0. The minimum atomic E-state index is -0.984. The van der Waals surface area contributed by atoms with Crippen molar-refractivity contribution in [2.75, 3.05) is 0 Å². The number of hydrogen-bond donors (Lipinski definition) is 4. The number of nitro groups is 2. The lowest BCUT2D eigenvalue weighted by molar-refractivity contribution is -0.384. The topological polar surface area (TPSA) is 199 Å². The molecule has 40 heavy (non-hydrogen) atoms. The fourth-order valence-corrected chi connectivity index (χ4v) is 5.24. The summed E-state index contributed by atoms with van der Waals surface area (Å²) >= 11 is 0. The van der Waals surface area contributed by atoms with Gasteiger partial charge in [0.15, 0.2) is 0 Å². The molecular weight excluding hydrogens is 520 g/mol. The van der Waals surface area contributed by atoms with Crippen molar-refractivity contribution in [3.63, 3.8) is 0 Å². The molecule has 2 aromatic carbocycles. The van der Waals surface area contributed by atoms with E-state index in [1.807, 2.05) is 13.8 Å². The van der Waals surface area contributed by atoms with Crippen molar-refractivity contribution in [1.82, 2.24) is 14.9 Å². The molecule has 2 aromatic heterocycles. The van der Waals surface area contributed by atoms with E-state index in [-0.39, 0.29) is 40.2 Å². The molecular formula is C27H26N6O7. The van der Waals surface area contributed by atoms with Crippen molar-refractivity contribution < 1.29 is 24.5 Å². The Bertz CT molecular complexity index is 1760. The Morgan fingerprint density at radius 1 is 0.950 bits per heavy atom. The highest BCUT2D eigenvalue weighted by Gasteiger charge is 2.36. The normalized spacial score (nSPS) is 14.8. The number of benzene rings is 2. The van der Waals surface area contributed by atoms with E-state index in [0.29, 0.717) is 34.6 Å². The molecule has 4 aromatic rings. The molecule has 5 rings (SSSR count). The average molecular weight is 547 g/mol. The van der Waals surface area contributed by atoms with Crippen LogP contribution in [0.15, 0.2) is 48.8 Å². The van der Waals surface area contributed by atoms with Crippen molar-refractivity contribution in [3.05, 3.63) is 80.1 Å². The lowest BCUT2D eigenvalue weighted by Crippen LogP contribution is -2.51. The van der Waals surface area contributed by atoms with Crippen LogP contribution in [0, 0.1) is 20.2 Å². The second kappa shape index (κ2) is 9.70. The van der Waals surface area contributed by atoms with Gasteiger partial charge in [-0.2, -0.15) is 0 Å². The molecule has 1 aliphatic heterocycles. The van der Waals surface area contributed by atoms with Gasteiger partial charge in [0.05, 0.1) is 33.6 Å². The number of H-pyrrole nitrogens is 1. The van der Waals surface area contributed by atoms with Gasteiger partial charge in [-0.1, -0.05) is 13.8 Å². The molecule has 1 aliphatic rings. The number of rotatable bonds is 9. The Hall–Kier alpha value is -4.88. The molecule has 0 fully saturated rings. The van der Waals surface area contributed by atoms with Crippen molar-refractivity contribution in [1.29, 1.82) is 0 Å². The summed E-state index contributed by atoms with van der Waals surface area (Å²) in [5.41, 5.74) is 6.54. The number of amides is 2. The number of nitrogens with two attached hydrogens (primary N) is 1. The van der Waals surface area contributed by atoms with E-state index in [0.717, 1.165) is 0 Å². The first kappa shape index (κ1) is 26.7. The van der Waals surface area contributed by atoms with Crippen LogP contribution < -0.4 is 11.1 Å². The van der Waals surface area contributed by atoms with Gasteiger partial charge in [0.1, 0.15) is 0 Å². The molecule has 0 radical (unpaired) electrons. The summed E-state index contributed by atoms with van der Waals surface area (Å²) in [7, 11) is 0. The predicted molar refractivity (Wildman–Crippen MR) is 147 cm³/mol. The Kier molecular flexibility index (Phi) is 6.48. The number of nitrogens with zero attached hydrogens (tertiary/aromatic N) is 3. The maximum Gasteiger partial charge on any atom is 0.270 e. The monoisotopic (exact) mass is 546 g/mol. The number of carbonyl (C=O) groups excluding carboxylic acids is 2. The first-order valence-electron chi connectivity index (χ1n) is 12.6. The van der Waals surface area contributed by atoms with Crippen molar-refractivity contribution >= 4 is 56.1 Å². The fraction of sp³-hybridized carbons (Fsp3) is 0.259. The van der Waals surface area contributed by atoms with Crippen molar-refractivity contribution in [2.45, 2.75) is 44.9 Å². The van der Waals surface area contributed by atoms with Crippen LogP contribution in [0.1, 0.15) is 37.8 Å². The van der Waals surface area contributed by atoms with E-state index in [9.17, 15) is 34.9 Å². The van der Waals surface area contributed by atoms with Gasteiger partial charge in [0.2, 0.25) is 0 Å². The van der Waals surface area contributed by atoms with Gasteiger partial charge < -0.3 is 20.4 Å². The lowest BCUT2D eigenvalue weighted by Gasteiger charge is -2.32. The lowest BCUT2D eigenvalue weighted by atomic mass is 9.87. The minimum Gasteiger partial charge on any atom is -0.389 e. The van der Waals surface area contributed by atoms with Crippen molar-refractivity contribution in [3.8, 4) is 0 Å². The highest BCUT2D eigenvalue weighted by atomic mass is 16.6. The molecule has 5 N–H and O–H groups in total. The van der Waals surface area contributed by atoms with E-state index >= 15 is 0 Å². The molecule has 206 valence electrons. The SMILES string of the molecule is CCC(N)(CC)C(O)Cn1cc(C2=C(c3c[nH]c4ccc([N+](=O)[O-])cc34)C(=O)NC2=O)c2cc([N+](=O)[O-])ccc21. The molecule has 0 bridgehead atoms. The van der Waals surface area contributed by atoms with E-state index in [1.54, 1.807) is 10.8 Å². The molecule has 13 nitrogen and oxygen atoms in total. The molecule has 3 heterocycles. The van der Waals surface area contributed by atoms with Gasteiger partial charge in [0, 0.05) is 75.1 Å². The van der Waals surface area contributed by atoms with Crippen LogP contribution in [0.3, 0.4) is 0 Å². The molecule has 0 saturated heterocycles. The van der Waals surface area contributed by atoms with Gasteiger partial charge in [-0.3, -0.25) is 35.1 Å². The van der Waals surface area contributed by atoms with E-state index in [2.05, 4.69) is 10.3 Å². The number of aromatic nitrogens is 2. The number of aromatic amines is 1. The number of fused-ring (bicyclic) bond motifs is 2. The fourth-order valence-electron chi connectivity index (χ4n) is 5.24. The standard InChI is InChI=1S/C27H26N6O7/c1-3-27(28,4-2)22(34)13-31-12-19(17-10-15(33(39)40)6-8-21(17)31)24-23(25(35)30-26(24)36)18-11-29-20-7-5-14(32(37)38)9-16(18)20/h5-12,22,29,34H,3-4,13,28H2,1-2H3,(H,30,35,36). The van der Waals surface area contributed by atoms with Gasteiger partial charge in [-0.25, -0.2) is 0 Å². The van der Waals surface area contributed by atoms with Crippen LogP contribution in [-0.4, -0.2) is 48.0 Å². The molecule has 0 aliphatic carbocycles. The van der Waals surface area contributed by atoms with Crippen LogP contribution in [0.25, 0.3) is 33.0 Å². The smallest absolute Gasteiger partial charge is 0.270 e. The highest BCUT2D eigenvalue weighted by molar-refractivity contribution is 6.50. The summed E-state index contributed by atoms with van der Waals surface area (Å²) in [6, 6.07) is 8.28. The van der Waals surface area contributed by atoms with Crippen LogP contribution >= 0.6 is 0 Å². The minimum absolute atomic E-state index is 0.0295. The number of aliphatic hydroxyl groups is 1. The van der Waals surface area contributed by atoms with Crippen LogP contribution in [0.2, 0.25) is 0 Å². The molecule has 0 spiro atoms. The maximum absolute atomic E-state index is 13.2. The molecule has 2 amide bonds. The summed E-state index contributed by atoms with van der Waals surface area (Å²) in [5.74, 6) is -1.43. The second-order valence-electron chi connectivity index (χ2n) is 9.83. The Labute approximate surface area is 226 Å². The van der Waals surface area contributed by atoms with Gasteiger partial charge in [-0.05, 0) is 25.0 Å². The number of nitro benzene ring substituents is 2. The Morgan fingerprint density at radius 3 is 2.12 bits per heavy atom. The largest absolute Gasteiger partial charge is 0.389 e. The number of imide groups is 1. The molecule has 1 atom stereocenters. The quantitative estimate of drug-likeness (QED) is 0.139. The van der Waals surface area contributed by atoms with E-state index < -0.39 is 33.3 Å². The zero-order valence-corrected chi connectivity index (χ0v) is 21.6. The van der Waals surface area contributed by atoms with Crippen LogP contribution in [-0.2, 0) is 16.1 Å². The predicted octanol–water partition coefficient (Wildman–Crippen LogP) is 3.38. The number of non-ortho nitro benzene ring substituents is 2. The molecule has 0 saturated carbocycles. The average Bonchev–Trinajstić information content (AvgIpc) is 3.59. The van der Waals surface area contributed by atoms with Gasteiger partial charge in [0.25, 0.3) is 23.2 Å². The zero-order valence-electron chi connectivity index (χ0n) is 21.6. The summed E-state index contributed by atoms with van der Waals surface area (Å²) in [5, 5.41) is 37.0. The molecule has 1 unspecified atom stereocenters. The summed E-state index contributed by atoms with van der Waals surface area (Å²) in [6.07, 6.45) is 3.07. The third-order valence-electron chi connectivity index (χ3n) is 7.77. The van der Waals surface area contributed by atoms with E-state index in [1.165, 1.54) is 42.6 Å². The molecule has 13 heteroatoms. The van der Waals surface area contributed by atoms with Gasteiger partial charge in [-0.15, -0.1) is 0 Å². The van der Waals surface area contributed by atoms with Crippen LogP contribution in [0.4, 0.5) is 11.4 Å². The Morgan fingerprint density at radius 2 is 1.52 bits per heavy atom. The first-order valence-corrected chi connectivity index (χ1v) is 12.6. The highest BCUT2D eigenvalue weighted by Crippen LogP contribution is 2.40. The summed E-state index contributed by atoms with van der Waals surface area (Å²) in [4.78, 5) is 51.2. The van der Waals surface area contributed by atoms with E-state index in [4.69, 9.17) is 5.73 Å². The van der Waals surface area contributed by atoms with Crippen molar-refractivity contribution in [2.24, 2.45) is 5.73 Å². The second-order valence-corrected chi connectivity index (χ2v) is 9.83.